The second kappa shape index (κ2) is 9.49. The summed E-state index contributed by atoms with van der Waals surface area (Å²) in [5, 5.41) is 14.4. The summed E-state index contributed by atoms with van der Waals surface area (Å²) in [7, 11) is 0. The van der Waals surface area contributed by atoms with Crippen molar-refractivity contribution >= 4 is 34.9 Å². The van der Waals surface area contributed by atoms with Gasteiger partial charge in [-0.2, -0.15) is 5.10 Å². The smallest absolute Gasteiger partial charge is 0.317 e. The van der Waals surface area contributed by atoms with Gasteiger partial charge in [-0.15, -0.1) is 0 Å². The molecule has 0 aliphatic rings. The maximum Gasteiger partial charge on any atom is 0.317 e. The number of hydrogen-bond acceptors (Lipinski definition) is 4. The van der Waals surface area contributed by atoms with Gasteiger partial charge in [0.1, 0.15) is 12.3 Å². The van der Waals surface area contributed by atoms with Crippen molar-refractivity contribution in [3.05, 3.63) is 89.5 Å². The van der Waals surface area contributed by atoms with Gasteiger partial charge in [0, 0.05) is 0 Å². The van der Waals surface area contributed by atoms with E-state index in [2.05, 4.69) is 57.3 Å². The standard InChI is InChI=1S/C24H22N4O2S/c1-17-9-11-18(12-10-17)15-28-22-8-3-2-7-21(22)26-24(28)31-16-23(30)27-25-14-19-5-4-6-20(29)13-19/h2-14H,15-16H2,1H3,(H2,27,29,30)/p+1. The van der Waals surface area contributed by atoms with Crippen LogP contribution in [0.3, 0.4) is 0 Å². The maximum atomic E-state index is 12.3. The number of carbonyl (C=O) groups excluding carboxylic acids is 1. The van der Waals surface area contributed by atoms with E-state index in [1.54, 1.807) is 24.3 Å². The van der Waals surface area contributed by atoms with Crippen LogP contribution in [0.4, 0.5) is 0 Å². The van der Waals surface area contributed by atoms with Crippen LogP contribution in [0, 0.1) is 6.92 Å². The van der Waals surface area contributed by atoms with Gasteiger partial charge in [-0.25, -0.2) is 15.0 Å². The maximum absolute atomic E-state index is 12.3. The third kappa shape index (κ3) is 5.32. The topological polar surface area (TPSA) is 81.4 Å². The number of hydrazone groups is 1. The quantitative estimate of drug-likeness (QED) is 0.180. The number of H-pyrrole nitrogens is 1. The number of aromatic nitrogens is 2. The summed E-state index contributed by atoms with van der Waals surface area (Å²) in [4.78, 5) is 15.7. The molecular formula is C24H23N4O2S+. The van der Waals surface area contributed by atoms with Crippen LogP contribution >= 0.6 is 11.8 Å². The highest BCUT2D eigenvalue weighted by Gasteiger charge is 2.20. The number of phenols is 1. The number of aryl methyl sites for hydroxylation is 1. The first-order valence-corrected chi connectivity index (χ1v) is 10.9. The van der Waals surface area contributed by atoms with E-state index in [9.17, 15) is 9.90 Å². The van der Waals surface area contributed by atoms with Crippen LogP contribution in [-0.2, 0) is 11.3 Å². The number of hydrogen-bond donors (Lipinski definition) is 3. The lowest BCUT2D eigenvalue weighted by molar-refractivity contribution is -0.700. The van der Waals surface area contributed by atoms with E-state index in [-0.39, 0.29) is 17.4 Å². The van der Waals surface area contributed by atoms with Crippen molar-refractivity contribution in [1.82, 2.24) is 10.4 Å². The molecule has 6 nitrogen and oxygen atoms in total. The Bertz CT molecular complexity index is 1230. The van der Waals surface area contributed by atoms with Gasteiger partial charge in [0.15, 0.2) is 11.0 Å². The van der Waals surface area contributed by atoms with Crippen LogP contribution in [0.15, 0.2) is 83.1 Å². The number of aromatic hydroxyl groups is 1. The van der Waals surface area contributed by atoms with Gasteiger partial charge in [0.05, 0.1) is 12.0 Å². The molecule has 4 rings (SSSR count). The lowest BCUT2D eigenvalue weighted by atomic mass is 10.1. The molecule has 1 aromatic heterocycles. The predicted molar refractivity (Wildman–Crippen MR) is 123 cm³/mol. The van der Waals surface area contributed by atoms with Crippen molar-refractivity contribution in [2.24, 2.45) is 5.10 Å². The number of nitrogens with zero attached hydrogens (tertiary/aromatic N) is 2. The molecule has 0 aliphatic carbocycles. The van der Waals surface area contributed by atoms with Gasteiger partial charge in [-0.05, 0) is 54.1 Å². The van der Waals surface area contributed by atoms with E-state index in [1.807, 2.05) is 18.2 Å². The molecule has 1 amide bonds. The van der Waals surface area contributed by atoms with Crippen molar-refractivity contribution in [2.45, 2.75) is 18.6 Å². The highest BCUT2D eigenvalue weighted by Crippen LogP contribution is 2.18. The van der Waals surface area contributed by atoms with Gasteiger partial charge in [0.2, 0.25) is 0 Å². The first-order valence-electron chi connectivity index (χ1n) is 9.88. The number of fused-ring (bicyclic) bond motifs is 1. The molecule has 0 saturated heterocycles. The monoisotopic (exact) mass is 431 g/mol. The minimum atomic E-state index is -0.207. The molecule has 31 heavy (non-hydrogen) atoms. The van der Waals surface area contributed by atoms with Gasteiger partial charge >= 0.3 is 5.16 Å². The molecule has 0 atom stereocenters. The Morgan fingerprint density at radius 2 is 1.94 bits per heavy atom. The van der Waals surface area contributed by atoms with Crippen molar-refractivity contribution in [2.75, 3.05) is 5.75 Å². The number of phenolic OH excluding ortho intramolecular Hbond substituents is 1. The number of para-hydroxylation sites is 2. The number of thioether (sulfide) groups is 1. The Labute approximate surface area is 184 Å². The minimum Gasteiger partial charge on any atom is -0.508 e. The van der Waals surface area contributed by atoms with E-state index in [4.69, 9.17) is 0 Å². The van der Waals surface area contributed by atoms with Crippen molar-refractivity contribution in [3.8, 4) is 5.75 Å². The molecule has 0 fully saturated rings. The number of nitrogens with one attached hydrogen (secondary N) is 2. The fourth-order valence-electron chi connectivity index (χ4n) is 3.20. The van der Waals surface area contributed by atoms with Crippen LogP contribution in [0.25, 0.3) is 11.0 Å². The zero-order valence-electron chi connectivity index (χ0n) is 17.1. The third-order valence-corrected chi connectivity index (χ3v) is 5.76. The normalized spacial score (nSPS) is 11.3. The molecule has 3 aromatic carbocycles. The summed E-state index contributed by atoms with van der Waals surface area (Å²) < 4.78 is 2.19. The molecule has 0 spiro atoms. The Morgan fingerprint density at radius 1 is 1.13 bits per heavy atom. The summed E-state index contributed by atoms with van der Waals surface area (Å²) in [6, 6.07) is 23.2. The fraction of sp³-hybridized carbons (Fsp3) is 0.125. The van der Waals surface area contributed by atoms with Gasteiger partial charge < -0.3 is 5.11 Å². The van der Waals surface area contributed by atoms with E-state index < -0.39 is 0 Å². The van der Waals surface area contributed by atoms with Crippen LogP contribution in [-0.4, -0.2) is 28.0 Å². The fourth-order valence-corrected chi connectivity index (χ4v) is 4.04. The number of benzene rings is 3. The van der Waals surface area contributed by atoms with Crippen molar-refractivity contribution < 1.29 is 14.5 Å². The van der Waals surface area contributed by atoms with Gasteiger partial charge in [0.25, 0.3) is 5.91 Å². The molecule has 4 aromatic rings. The third-order valence-electron chi connectivity index (χ3n) is 4.76. The summed E-state index contributed by atoms with van der Waals surface area (Å²) in [6.45, 7) is 2.79. The zero-order chi connectivity index (χ0) is 21.6. The molecule has 156 valence electrons. The van der Waals surface area contributed by atoms with Gasteiger partial charge in [-0.3, -0.25) is 4.79 Å². The van der Waals surface area contributed by atoms with Gasteiger partial charge in [-0.1, -0.05) is 54.1 Å². The number of carbonyl (C=O) groups is 1. The van der Waals surface area contributed by atoms with Crippen LogP contribution < -0.4 is 9.99 Å². The number of rotatable bonds is 7. The van der Waals surface area contributed by atoms with E-state index in [0.29, 0.717) is 12.1 Å². The minimum absolute atomic E-state index is 0.155. The molecule has 0 saturated carbocycles. The first-order chi connectivity index (χ1) is 15.1. The lowest BCUT2D eigenvalue weighted by Crippen LogP contribution is -2.36. The van der Waals surface area contributed by atoms with E-state index in [1.165, 1.54) is 29.1 Å². The molecule has 3 N–H and O–H groups in total. The summed E-state index contributed by atoms with van der Waals surface area (Å²) in [5.41, 5.74) is 7.78. The predicted octanol–water partition coefficient (Wildman–Crippen LogP) is 3.76. The van der Waals surface area contributed by atoms with E-state index >= 15 is 0 Å². The van der Waals surface area contributed by atoms with Crippen LogP contribution in [0.1, 0.15) is 16.7 Å². The number of aromatic amines is 1. The molecular weight excluding hydrogens is 408 g/mol. The van der Waals surface area contributed by atoms with E-state index in [0.717, 1.165) is 16.2 Å². The summed E-state index contributed by atoms with van der Waals surface area (Å²) in [6.07, 6.45) is 1.50. The Hall–Kier alpha value is -3.58. The van der Waals surface area contributed by atoms with Crippen molar-refractivity contribution in [1.29, 1.82) is 0 Å². The Balaban J connectivity index is 1.45. The SMILES string of the molecule is Cc1ccc(C[n+]2c(SCC(=O)NN=Cc3cccc(O)c3)[nH]c3ccccc32)cc1. The molecule has 0 aliphatic heterocycles. The molecule has 7 heteroatoms. The lowest BCUT2D eigenvalue weighted by Gasteiger charge is -2.03. The molecule has 0 bridgehead atoms. The zero-order valence-corrected chi connectivity index (χ0v) is 17.9. The summed E-state index contributed by atoms with van der Waals surface area (Å²) in [5.74, 6) is 0.169. The molecule has 1 heterocycles. The van der Waals surface area contributed by atoms with Crippen molar-refractivity contribution in [3.63, 3.8) is 0 Å². The summed E-state index contributed by atoms with van der Waals surface area (Å²) >= 11 is 1.43. The number of imidazole rings is 1. The highest BCUT2D eigenvalue weighted by atomic mass is 32.2. The Kier molecular flexibility index (Phi) is 6.33. The van der Waals surface area contributed by atoms with Crippen LogP contribution in [0.5, 0.6) is 5.75 Å². The van der Waals surface area contributed by atoms with Crippen LogP contribution in [0.2, 0.25) is 0 Å². The first kappa shape index (κ1) is 20.7. The average Bonchev–Trinajstić information content (AvgIpc) is 3.11. The molecule has 0 unspecified atom stereocenters. The number of amides is 1. The largest absolute Gasteiger partial charge is 0.508 e. The molecule has 0 radical (unpaired) electrons. The second-order valence-corrected chi connectivity index (χ2v) is 8.16. The Morgan fingerprint density at radius 3 is 2.74 bits per heavy atom. The highest BCUT2D eigenvalue weighted by molar-refractivity contribution is 7.99. The average molecular weight is 432 g/mol. The second-order valence-electron chi connectivity index (χ2n) is 7.20.